The minimum absolute atomic E-state index is 0.180. The average Bonchev–Trinajstić information content (AvgIpc) is 3.04. The molecule has 3 fully saturated rings. The summed E-state index contributed by atoms with van der Waals surface area (Å²) >= 11 is 0. The Balaban J connectivity index is 1.72. The van der Waals surface area contributed by atoms with Crippen molar-refractivity contribution in [3.05, 3.63) is 35.5 Å². The van der Waals surface area contributed by atoms with E-state index in [4.69, 9.17) is 0 Å². The van der Waals surface area contributed by atoms with Gasteiger partial charge in [0.25, 0.3) is 0 Å². The van der Waals surface area contributed by atoms with E-state index in [1.165, 1.54) is 25.7 Å². The van der Waals surface area contributed by atoms with Crippen molar-refractivity contribution in [1.29, 1.82) is 0 Å². The molecule has 3 N–H and O–H groups in total. The topological polar surface area (TPSA) is 60.7 Å². The van der Waals surface area contributed by atoms with Gasteiger partial charge in [0.05, 0.1) is 18.3 Å². The Morgan fingerprint density at radius 1 is 1.13 bits per heavy atom. The highest BCUT2D eigenvalue weighted by atomic mass is 16.3. The molecule has 0 unspecified atom stereocenters. The maximum Gasteiger partial charge on any atom is 0.0811 e. The molecule has 0 aromatic heterocycles. The average molecular weight is 417 g/mol. The summed E-state index contributed by atoms with van der Waals surface area (Å²) in [6.45, 7) is 13.2. The first-order chi connectivity index (χ1) is 14.1. The lowest BCUT2D eigenvalue weighted by atomic mass is 9.60. The van der Waals surface area contributed by atoms with Crippen LogP contribution < -0.4 is 0 Å². The molecule has 3 nitrogen and oxygen atoms in total. The quantitative estimate of drug-likeness (QED) is 0.531. The molecule has 3 saturated carbocycles. The third-order valence-electron chi connectivity index (χ3n) is 8.68. The summed E-state index contributed by atoms with van der Waals surface area (Å²) in [7, 11) is 0. The molecule has 0 spiro atoms. The van der Waals surface area contributed by atoms with Crippen LogP contribution in [0.3, 0.4) is 0 Å². The van der Waals surface area contributed by atoms with Crippen LogP contribution in [-0.4, -0.2) is 33.6 Å². The van der Waals surface area contributed by atoms with Crippen LogP contribution in [-0.2, 0) is 0 Å². The summed E-state index contributed by atoms with van der Waals surface area (Å²) in [6, 6.07) is 0. The van der Waals surface area contributed by atoms with E-state index in [9.17, 15) is 15.3 Å². The summed E-state index contributed by atoms with van der Waals surface area (Å²) in [5.41, 5.74) is 3.69. The fourth-order valence-electron chi connectivity index (χ4n) is 6.65. The van der Waals surface area contributed by atoms with Crippen LogP contribution in [0.25, 0.3) is 0 Å². The van der Waals surface area contributed by atoms with Crippen LogP contribution in [0.2, 0.25) is 0 Å². The Labute approximate surface area is 184 Å². The third kappa shape index (κ3) is 4.95. The highest BCUT2D eigenvalue weighted by Crippen LogP contribution is 2.60. The number of fused-ring (bicyclic) bond motifs is 1. The Morgan fingerprint density at radius 3 is 2.57 bits per heavy atom. The molecular formula is C27H44O3. The molecule has 0 radical (unpaired) electrons. The molecule has 0 heterocycles. The molecule has 3 heteroatoms. The normalized spacial score (nSPS) is 39.5. The van der Waals surface area contributed by atoms with Crippen LogP contribution in [0.4, 0.5) is 0 Å². The minimum atomic E-state index is -0.618. The Kier molecular flexibility index (Phi) is 7.69. The number of aliphatic hydroxyl groups excluding tert-OH is 3. The van der Waals surface area contributed by atoms with Gasteiger partial charge in [-0.05, 0) is 91.6 Å². The van der Waals surface area contributed by atoms with E-state index >= 15 is 0 Å². The van der Waals surface area contributed by atoms with Crippen molar-refractivity contribution in [3.63, 3.8) is 0 Å². The summed E-state index contributed by atoms with van der Waals surface area (Å²) < 4.78 is 0. The monoisotopic (exact) mass is 416 g/mol. The van der Waals surface area contributed by atoms with E-state index in [0.717, 1.165) is 36.3 Å². The number of hydrogen-bond acceptors (Lipinski definition) is 3. The molecule has 0 amide bonds. The SMILES string of the molecule is C=C1/C(=C\C=C2/CCC[C@@]3(C)[C@@H]2CC[C@@H]3[C@H](C)CC[C@@H](O)C(C)C)C[C@@H](O)C[C@H]1O. The Hall–Kier alpha value is -0.900. The number of rotatable bonds is 6. The molecule has 0 aromatic rings. The lowest BCUT2D eigenvalue weighted by molar-refractivity contribution is 0.0717. The first kappa shape index (κ1) is 23.8. The predicted molar refractivity (Wildman–Crippen MR) is 124 cm³/mol. The van der Waals surface area contributed by atoms with Crippen molar-refractivity contribution in [2.75, 3.05) is 0 Å². The number of aliphatic hydroxyl groups is 3. The molecule has 30 heavy (non-hydrogen) atoms. The standard InChI is InChI=1S/C27H44O3/c1-17(2)25(29)13-8-18(3)23-11-12-24-20(7-6-14-27(23,24)5)9-10-21-15-22(28)16-26(30)19(21)4/h9-10,17-18,22-26,28-30H,4,6-8,11-16H2,1-3,5H3/b20-9+,21-10-/t18-,22-,23-,24-,25-,26-,27-/m1/s1. The first-order valence-corrected chi connectivity index (χ1v) is 12.3. The van der Waals surface area contributed by atoms with Gasteiger partial charge in [0, 0.05) is 6.42 Å². The van der Waals surface area contributed by atoms with Crippen LogP contribution in [0.1, 0.15) is 85.5 Å². The van der Waals surface area contributed by atoms with Gasteiger partial charge in [0.2, 0.25) is 0 Å². The van der Waals surface area contributed by atoms with Crippen LogP contribution in [0.15, 0.2) is 35.5 Å². The Bertz CT molecular complexity index is 676. The molecule has 0 bridgehead atoms. The fraction of sp³-hybridized carbons (Fsp3) is 0.778. The van der Waals surface area contributed by atoms with Gasteiger partial charge in [0.1, 0.15) is 0 Å². The molecule has 7 atom stereocenters. The van der Waals surface area contributed by atoms with Gasteiger partial charge in [-0.1, -0.05) is 52.0 Å². The van der Waals surface area contributed by atoms with Crippen LogP contribution in [0.5, 0.6) is 0 Å². The van der Waals surface area contributed by atoms with E-state index in [1.807, 2.05) is 0 Å². The lowest BCUT2D eigenvalue weighted by Crippen LogP contribution is -2.36. The maximum absolute atomic E-state index is 10.3. The van der Waals surface area contributed by atoms with E-state index in [-0.39, 0.29) is 6.10 Å². The zero-order chi connectivity index (χ0) is 22.1. The first-order valence-electron chi connectivity index (χ1n) is 12.3. The van der Waals surface area contributed by atoms with E-state index in [0.29, 0.717) is 36.0 Å². The minimum Gasteiger partial charge on any atom is -0.393 e. The molecule has 0 aromatic carbocycles. The second-order valence-electron chi connectivity index (χ2n) is 11.0. The number of hydrogen-bond donors (Lipinski definition) is 3. The summed E-state index contributed by atoms with van der Waals surface area (Å²) in [4.78, 5) is 0. The molecule has 0 aliphatic heterocycles. The van der Waals surface area contributed by atoms with Crippen LogP contribution in [0, 0.1) is 29.1 Å². The third-order valence-corrected chi connectivity index (χ3v) is 8.68. The maximum atomic E-state index is 10.3. The predicted octanol–water partition coefficient (Wildman–Crippen LogP) is 5.56. The second-order valence-corrected chi connectivity index (χ2v) is 11.0. The van der Waals surface area contributed by atoms with Crippen LogP contribution >= 0.6 is 0 Å². The van der Waals surface area contributed by atoms with Gasteiger partial charge in [-0.15, -0.1) is 0 Å². The zero-order valence-electron chi connectivity index (χ0n) is 19.6. The smallest absolute Gasteiger partial charge is 0.0811 e. The summed E-state index contributed by atoms with van der Waals surface area (Å²) in [5.74, 6) is 2.35. The van der Waals surface area contributed by atoms with Gasteiger partial charge in [-0.2, -0.15) is 0 Å². The molecule has 3 aliphatic rings. The molecule has 170 valence electrons. The van der Waals surface area contributed by atoms with Crippen molar-refractivity contribution in [1.82, 2.24) is 0 Å². The summed E-state index contributed by atoms with van der Waals surface area (Å²) in [5, 5.41) is 30.4. The van der Waals surface area contributed by atoms with Gasteiger partial charge < -0.3 is 15.3 Å². The molecule has 0 saturated heterocycles. The molecule has 3 rings (SSSR count). The number of allylic oxidation sites excluding steroid dienone is 3. The second kappa shape index (κ2) is 9.71. The fourth-order valence-corrected chi connectivity index (χ4v) is 6.65. The van der Waals surface area contributed by atoms with E-state index in [1.54, 1.807) is 5.57 Å². The van der Waals surface area contributed by atoms with Gasteiger partial charge >= 0.3 is 0 Å². The van der Waals surface area contributed by atoms with Gasteiger partial charge in [-0.3, -0.25) is 0 Å². The van der Waals surface area contributed by atoms with E-state index in [2.05, 4.69) is 46.4 Å². The molecule has 3 aliphatic carbocycles. The zero-order valence-corrected chi connectivity index (χ0v) is 19.6. The van der Waals surface area contributed by atoms with Gasteiger partial charge in [0.15, 0.2) is 0 Å². The van der Waals surface area contributed by atoms with Crippen molar-refractivity contribution >= 4 is 0 Å². The highest BCUT2D eigenvalue weighted by molar-refractivity contribution is 5.38. The van der Waals surface area contributed by atoms with Crippen molar-refractivity contribution < 1.29 is 15.3 Å². The summed E-state index contributed by atoms with van der Waals surface area (Å²) in [6.07, 6.45) is 12.4. The van der Waals surface area contributed by atoms with Gasteiger partial charge in [-0.25, -0.2) is 0 Å². The van der Waals surface area contributed by atoms with Crippen molar-refractivity contribution in [2.24, 2.45) is 29.1 Å². The van der Waals surface area contributed by atoms with Crippen molar-refractivity contribution in [2.45, 2.75) is 104 Å². The van der Waals surface area contributed by atoms with Crippen molar-refractivity contribution in [3.8, 4) is 0 Å². The molecular weight excluding hydrogens is 372 g/mol. The lowest BCUT2D eigenvalue weighted by Gasteiger charge is -2.44. The van der Waals surface area contributed by atoms with E-state index < -0.39 is 12.2 Å². The Morgan fingerprint density at radius 2 is 1.87 bits per heavy atom. The largest absolute Gasteiger partial charge is 0.393 e. The highest BCUT2D eigenvalue weighted by Gasteiger charge is 2.50.